The van der Waals surface area contributed by atoms with Crippen molar-refractivity contribution in [3.05, 3.63) is 30.1 Å². The molecule has 0 aromatic carbocycles. The van der Waals surface area contributed by atoms with Crippen LogP contribution in [-0.4, -0.2) is 0 Å². The molecule has 0 unspecified atom stereocenters. The second-order valence-electron chi connectivity index (χ2n) is 2.35. The summed E-state index contributed by atoms with van der Waals surface area (Å²) in [7, 11) is 0. The molecule has 66 valence electrons. The van der Waals surface area contributed by atoms with E-state index < -0.39 is 0 Å². The lowest BCUT2D eigenvalue weighted by molar-refractivity contribution is -0.696. The normalized spacial score (nSPS) is 7.85. The second-order valence-corrected chi connectivity index (χ2v) is 2.35. The van der Waals surface area contributed by atoms with Crippen LogP contribution in [0.3, 0.4) is 0 Å². The number of hydrogen-bond donors (Lipinski definition) is 0. The van der Waals surface area contributed by atoms with Crippen molar-refractivity contribution in [1.29, 1.82) is 10.5 Å². The van der Waals surface area contributed by atoms with Gasteiger partial charge in [-0.15, -0.1) is 0 Å². The highest BCUT2D eigenvalue weighted by molar-refractivity contribution is 5.21. The molecular weight excluding hydrogens is 230 g/mol. The molecule has 1 rings (SSSR count). The minimum Gasteiger partial charge on any atom is -1.00 e. The lowest BCUT2D eigenvalue weighted by Crippen LogP contribution is -3.00. The lowest BCUT2D eigenvalue weighted by Gasteiger charge is -1.90. The third-order valence-corrected chi connectivity index (χ3v) is 1.47. The molecule has 0 saturated heterocycles. The zero-order valence-corrected chi connectivity index (χ0v) is 8.53. The smallest absolute Gasteiger partial charge is 0.186 e. The van der Waals surface area contributed by atoms with E-state index in [0.717, 1.165) is 0 Å². The van der Waals surface area contributed by atoms with Gasteiger partial charge in [-0.1, -0.05) is 0 Å². The molecule has 0 aliphatic carbocycles. The van der Waals surface area contributed by atoms with E-state index in [4.69, 9.17) is 10.5 Å². The van der Waals surface area contributed by atoms with Crippen molar-refractivity contribution in [2.75, 3.05) is 0 Å². The summed E-state index contributed by atoms with van der Waals surface area (Å²) in [5.41, 5.74) is 0.621. The number of rotatable bonds is 2. The molecule has 0 radical (unpaired) electrons. The Morgan fingerprint density at radius 1 is 1.38 bits per heavy atom. The maximum Gasteiger partial charge on any atom is 0.186 e. The summed E-state index contributed by atoms with van der Waals surface area (Å²) < 4.78 is 1.84. The largest absolute Gasteiger partial charge is 1.00 e. The maximum atomic E-state index is 8.56. The van der Waals surface area contributed by atoms with Gasteiger partial charge in [-0.05, 0) is 6.07 Å². The number of aryl methyl sites for hydroxylation is 1. The van der Waals surface area contributed by atoms with Crippen LogP contribution in [0.15, 0.2) is 24.5 Å². The first-order chi connectivity index (χ1) is 5.86. The standard InChI is InChI=1S/C9H8N3.BrH/c10-4-2-6-12-5-1-3-9(7-11)8-12;/h1,3,5,8H,2,6H2;1H/q+1;/p-1. The minimum atomic E-state index is 0. The second kappa shape index (κ2) is 6.16. The molecule has 1 aromatic heterocycles. The van der Waals surface area contributed by atoms with E-state index in [-0.39, 0.29) is 17.0 Å². The van der Waals surface area contributed by atoms with E-state index in [0.29, 0.717) is 18.5 Å². The first-order valence-corrected chi connectivity index (χ1v) is 3.63. The van der Waals surface area contributed by atoms with Crippen LogP contribution in [0.4, 0.5) is 0 Å². The molecule has 0 aliphatic rings. The fourth-order valence-corrected chi connectivity index (χ4v) is 0.906. The molecule has 0 N–H and O–H groups in total. The van der Waals surface area contributed by atoms with E-state index in [1.807, 2.05) is 22.9 Å². The SMILES string of the molecule is N#CCC[n+]1cccc(C#N)c1.[Br-]. The Morgan fingerprint density at radius 3 is 2.77 bits per heavy atom. The van der Waals surface area contributed by atoms with Gasteiger partial charge in [0.2, 0.25) is 0 Å². The highest BCUT2D eigenvalue weighted by atomic mass is 79.9. The van der Waals surface area contributed by atoms with Crippen LogP contribution in [0, 0.1) is 22.7 Å². The van der Waals surface area contributed by atoms with Crippen LogP contribution in [0.1, 0.15) is 12.0 Å². The van der Waals surface area contributed by atoms with Crippen molar-refractivity contribution >= 4 is 0 Å². The van der Waals surface area contributed by atoms with Crippen molar-refractivity contribution in [2.24, 2.45) is 0 Å². The Kier molecular flexibility index (Phi) is 5.50. The number of halogens is 1. The Morgan fingerprint density at radius 2 is 2.15 bits per heavy atom. The van der Waals surface area contributed by atoms with Crippen molar-refractivity contribution in [3.63, 3.8) is 0 Å². The van der Waals surface area contributed by atoms with Gasteiger partial charge in [-0.2, -0.15) is 10.5 Å². The molecule has 0 fully saturated rings. The molecule has 13 heavy (non-hydrogen) atoms. The Hall–Kier alpha value is -1.39. The average molecular weight is 238 g/mol. The molecular formula is C9H8BrN3. The zero-order valence-electron chi connectivity index (χ0n) is 6.94. The van der Waals surface area contributed by atoms with Crippen LogP contribution in [0.5, 0.6) is 0 Å². The first kappa shape index (κ1) is 11.6. The third kappa shape index (κ3) is 3.68. The summed E-state index contributed by atoms with van der Waals surface area (Å²) in [5.74, 6) is 0. The molecule has 0 atom stereocenters. The molecule has 0 saturated carbocycles. The first-order valence-electron chi connectivity index (χ1n) is 3.63. The molecule has 0 aliphatic heterocycles. The van der Waals surface area contributed by atoms with Gasteiger partial charge in [0, 0.05) is 6.07 Å². The van der Waals surface area contributed by atoms with Crippen LogP contribution < -0.4 is 21.5 Å². The van der Waals surface area contributed by atoms with E-state index in [1.165, 1.54) is 0 Å². The summed E-state index contributed by atoms with van der Waals surface area (Å²) in [6.07, 6.45) is 4.05. The van der Waals surface area contributed by atoms with Crippen LogP contribution in [0.25, 0.3) is 0 Å². The lowest BCUT2D eigenvalue weighted by atomic mass is 10.3. The monoisotopic (exact) mass is 237 g/mol. The van der Waals surface area contributed by atoms with E-state index in [2.05, 4.69) is 0 Å². The number of pyridine rings is 1. The van der Waals surface area contributed by atoms with Crippen molar-refractivity contribution in [1.82, 2.24) is 0 Å². The number of aromatic nitrogens is 1. The number of nitrogens with zero attached hydrogens (tertiary/aromatic N) is 3. The molecule has 1 aromatic rings. The zero-order chi connectivity index (χ0) is 8.81. The minimum absolute atomic E-state index is 0. The Balaban J connectivity index is 0.00000144. The summed E-state index contributed by atoms with van der Waals surface area (Å²) in [6, 6.07) is 7.63. The Bertz CT molecular complexity index is 349. The van der Waals surface area contributed by atoms with Crippen molar-refractivity contribution in [2.45, 2.75) is 13.0 Å². The van der Waals surface area contributed by atoms with Gasteiger partial charge in [0.05, 0.1) is 12.5 Å². The molecule has 4 heteroatoms. The van der Waals surface area contributed by atoms with Gasteiger partial charge in [-0.25, -0.2) is 4.57 Å². The topological polar surface area (TPSA) is 51.5 Å². The summed E-state index contributed by atoms with van der Waals surface area (Å²) in [4.78, 5) is 0. The van der Waals surface area contributed by atoms with Gasteiger partial charge in [-0.3, -0.25) is 0 Å². The fraction of sp³-hybridized carbons (Fsp3) is 0.222. The summed E-state index contributed by atoms with van der Waals surface area (Å²) in [5, 5.41) is 16.9. The van der Waals surface area contributed by atoms with Crippen molar-refractivity contribution < 1.29 is 21.5 Å². The van der Waals surface area contributed by atoms with E-state index in [9.17, 15) is 0 Å². The molecule has 0 bridgehead atoms. The van der Waals surface area contributed by atoms with Crippen LogP contribution in [-0.2, 0) is 6.54 Å². The Labute approximate surface area is 87.6 Å². The fourth-order valence-electron chi connectivity index (χ4n) is 0.906. The number of hydrogen-bond acceptors (Lipinski definition) is 2. The van der Waals surface area contributed by atoms with E-state index >= 15 is 0 Å². The molecule has 1 heterocycles. The van der Waals surface area contributed by atoms with Gasteiger partial charge in [0.25, 0.3) is 0 Å². The highest BCUT2D eigenvalue weighted by Crippen LogP contribution is 1.90. The third-order valence-electron chi connectivity index (χ3n) is 1.47. The number of nitriles is 2. The van der Waals surface area contributed by atoms with Gasteiger partial charge in [0.15, 0.2) is 18.9 Å². The molecule has 0 spiro atoms. The predicted octanol–water partition coefficient (Wildman–Crippen LogP) is -2.24. The maximum absolute atomic E-state index is 8.56. The predicted molar refractivity (Wildman–Crippen MR) is 41.6 cm³/mol. The van der Waals surface area contributed by atoms with Gasteiger partial charge in [0.1, 0.15) is 11.6 Å². The van der Waals surface area contributed by atoms with Gasteiger partial charge >= 0.3 is 0 Å². The average Bonchev–Trinajstić information content (AvgIpc) is 2.15. The quantitative estimate of drug-likeness (QED) is 0.547. The highest BCUT2D eigenvalue weighted by Gasteiger charge is 2.00. The molecule has 0 amide bonds. The summed E-state index contributed by atoms with van der Waals surface area (Å²) >= 11 is 0. The molecule has 3 nitrogen and oxygen atoms in total. The van der Waals surface area contributed by atoms with Gasteiger partial charge < -0.3 is 17.0 Å². The van der Waals surface area contributed by atoms with Crippen LogP contribution in [0.2, 0.25) is 0 Å². The van der Waals surface area contributed by atoms with Crippen molar-refractivity contribution in [3.8, 4) is 12.1 Å². The van der Waals surface area contributed by atoms with Crippen LogP contribution >= 0.6 is 0 Å². The summed E-state index contributed by atoms with van der Waals surface area (Å²) in [6.45, 7) is 0.645. The van der Waals surface area contributed by atoms with E-state index in [1.54, 1.807) is 18.3 Å².